The van der Waals surface area contributed by atoms with Gasteiger partial charge < -0.3 is 9.64 Å². The van der Waals surface area contributed by atoms with Crippen LogP contribution in [0.15, 0.2) is 51.8 Å². The summed E-state index contributed by atoms with van der Waals surface area (Å²) in [6.07, 6.45) is 1.71. The predicted octanol–water partition coefficient (Wildman–Crippen LogP) is 3.91. The summed E-state index contributed by atoms with van der Waals surface area (Å²) in [5, 5.41) is 9.19. The first-order chi connectivity index (χ1) is 14.5. The smallest absolute Gasteiger partial charge is 0.240 e. The summed E-state index contributed by atoms with van der Waals surface area (Å²) < 4.78 is 34.1. The number of hydrogen-bond acceptors (Lipinski definition) is 5. The summed E-state index contributed by atoms with van der Waals surface area (Å²) in [4.78, 5) is 2.71. The second-order valence-electron chi connectivity index (χ2n) is 7.86. The maximum atomic E-state index is 12.3. The maximum absolute atomic E-state index is 12.3. The van der Waals surface area contributed by atoms with Crippen molar-refractivity contribution in [3.63, 3.8) is 0 Å². The third-order valence-electron chi connectivity index (χ3n) is 5.83. The van der Waals surface area contributed by atoms with Crippen LogP contribution in [0.3, 0.4) is 0 Å². The number of likely N-dealkylation sites (tertiary alicyclic amines) is 1. The average Bonchev–Trinajstić information content (AvgIpc) is 3.17. The number of nitriles is 1. The van der Waals surface area contributed by atoms with Crippen LogP contribution < -0.4 is 9.46 Å². The number of hydrogen-bond donors (Lipinski definition) is 1. The molecule has 0 bridgehead atoms. The number of rotatable bonds is 7. The largest absolute Gasteiger partial charge is 0.493 e. The molecule has 2 aromatic rings. The molecule has 2 heterocycles. The van der Waals surface area contributed by atoms with Crippen molar-refractivity contribution in [3.8, 4) is 11.8 Å². The second-order valence-corrected chi connectivity index (χ2v) is 10.5. The number of halogens is 2. The number of ether oxygens (including phenoxy) is 1. The Morgan fingerprint density at radius 1 is 1.16 bits per heavy atom. The molecular weight excluding hydrogens is 502 g/mol. The van der Waals surface area contributed by atoms with Crippen LogP contribution in [0.5, 0.6) is 5.75 Å². The topological polar surface area (TPSA) is 82.4 Å². The molecule has 2 aliphatic rings. The van der Waals surface area contributed by atoms with Crippen molar-refractivity contribution in [1.82, 2.24) is 9.62 Å². The molecule has 2 atom stereocenters. The van der Waals surface area contributed by atoms with E-state index in [1.165, 1.54) is 0 Å². The number of nitrogens with zero attached hydrogens (tertiary/aromatic N) is 2. The molecule has 0 radical (unpaired) electrons. The molecule has 1 fully saturated rings. The van der Waals surface area contributed by atoms with Gasteiger partial charge in [0.25, 0.3) is 0 Å². The van der Waals surface area contributed by atoms with Crippen LogP contribution >= 0.6 is 28.3 Å². The van der Waals surface area contributed by atoms with E-state index in [1.807, 2.05) is 12.1 Å². The highest BCUT2D eigenvalue weighted by Gasteiger charge is 2.38. The summed E-state index contributed by atoms with van der Waals surface area (Å²) in [5.74, 6) is 1.75. The molecular formula is C22H25BrClN3O3S. The molecule has 0 aliphatic carbocycles. The van der Waals surface area contributed by atoms with E-state index in [0.717, 1.165) is 48.3 Å². The summed E-state index contributed by atoms with van der Waals surface area (Å²) in [5.41, 5.74) is 1.82. The van der Waals surface area contributed by atoms with Gasteiger partial charge in [-0.25, -0.2) is 13.1 Å². The molecule has 9 heteroatoms. The molecule has 1 saturated heterocycles. The summed E-state index contributed by atoms with van der Waals surface area (Å²) >= 11 is 3.31. The summed E-state index contributed by atoms with van der Waals surface area (Å²) in [6, 6.07) is 14.5. The number of nitrogens with one attached hydrogen (secondary N) is 1. The molecule has 31 heavy (non-hydrogen) atoms. The van der Waals surface area contributed by atoms with Crippen molar-refractivity contribution in [1.29, 1.82) is 5.26 Å². The van der Waals surface area contributed by atoms with E-state index in [4.69, 9.17) is 4.74 Å². The number of fused-ring (bicyclic) bond motifs is 3. The molecule has 4 rings (SSSR count). The molecule has 1 N–H and O–H groups in total. The van der Waals surface area contributed by atoms with Gasteiger partial charge in [0, 0.05) is 41.5 Å². The van der Waals surface area contributed by atoms with Gasteiger partial charge in [-0.05, 0) is 61.9 Å². The lowest BCUT2D eigenvalue weighted by Crippen LogP contribution is -2.27. The monoisotopic (exact) mass is 525 g/mol. The highest BCUT2D eigenvalue weighted by molar-refractivity contribution is 9.10. The van der Waals surface area contributed by atoms with Crippen molar-refractivity contribution in [2.45, 2.75) is 23.7 Å². The maximum Gasteiger partial charge on any atom is 0.240 e. The minimum absolute atomic E-state index is 0. The van der Waals surface area contributed by atoms with Gasteiger partial charge in [0.15, 0.2) is 0 Å². The van der Waals surface area contributed by atoms with E-state index in [0.29, 0.717) is 30.6 Å². The van der Waals surface area contributed by atoms with Gasteiger partial charge >= 0.3 is 0 Å². The fourth-order valence-electron chi connectivity index (χ4n) is 4.26. The first-order valence-corrected chi connectivity index (χ1v) is 12.4. The Bertz CT molecular complexity index is 1060. The zero-order valence-corrected chi connectivity index (χ0v) is 20.2. The molecule has 2 aromatic carbocycles. The molecule has 0 spiro atoms. The Labute approximate surface area is 198 Å². The normalized spacial score (nSPS) is 20.1. The number of sulfonamides is 1. The van der Waals surface area contributed by atoms with Gasteiger partial charge in [0.05, 0.1) is 23.1 Å². The molecule has 0 saturated carbocycles. The van der Waals surface area contributed by atoms with Crippen molar-refractivity contribution in [3.05, 3.63) is 58.1 Å². The van der Waals surface area contributed by atoms with Gasteiger partial charge in [-0.2, -0.15) is 5.26 Å². The van der Waals surface area contributed by atoms with Gasteiger partial charge in [-0.1, -0.05) is 15.9 Å². The zero-order chi connectivity index (χ0) is 21.1. The van der Waals surface area contributed by atoms with Crippen LogP contribution in [0.25, 0.3) is 0 Å². The first kappa shape index (κ1) is 24.0. The Morgan fingerprint density at radius 2 is 1.94 bits per heavy atom. The molecule has 0 aromatic heterocycles. The van der Waals surface area contributed by atoms with E-state index in [2.05, 4.69) is 31.6 Å². The number of unbranched alkanes of at least 4 members (excludes halogenated alkanes) is 1. The Balaban J connectivity index is 0.00000272. The standard InChI is InChI=1S/C22H24BrN3O3S.ClH/c23-18-4-6-19(7-5-18)30(27,28)25-9-1-2-10-26-13-17-15-29-22-8-3-16(12-24)11-20(22)21(17)14-26;/h3-8,11,17,21,25H,1-2,9-10,13-15H2;1H/t17-,21+;/m1./s1. The van der Waals surface area contributed by atoms with E-state index in [1.54, 1.807) is 30.3 Å². The highest BCUT2D eigenvalue weighted by atomic mass is 79.9. The zero-order valence-electron chi connectivity index (χ0n) is 17.0. The number of benzene rings is 2. The lowest BCUT2D eigenvalue weighted by Gasteiger charge is -2.27. The Kier molecular flexibility index (Phi) is 8.00. The van der Waals surface area contributed by atoms with Crippen molar-refractivity contribution in [2.75, 3.05) is 32.8 Å². The van der Waals surface area contributed by atoms with Crippen molar-refractivity contribution >= 4 is 38.4 Å². The average molecular weight is 527 g/mol. The quantitative estimate of drug-likeness (QED) is 0.553. The lowest BCUT2D eigenvalue weighted by molar-refractivity contribution is 0.212. The van der Waals surface area contributed by atoms with Crippen LogP contribution in [0.2, 0.25) is 0 Å². The lowest BCUT2D eigenvalue weighted by atomic mass is 9.86. The van der Waals surface area contributed by atoms with Crippen LogP contribution in [-0.4, -0.2) is 46.1 Å². The van der Waals surface area contributed by atoms with Crippen molar-refractivity contribution in [2.24, 2.45) is 5.92 Å². The summed E-state index contributed by atoms with van der Waals surface area (Å²) in [7, 11) is -3.46. The minimum atomic E-state index is -3.46. The third kappa shape index (κ3) is 5.60. The van der Waals surface area contributed by atoms with E-state index >= 15 is 0 Å². The van der Waals surface area contributed by atoms with E-state index in [9.17, 15) is 13.7 Å². The third-order valence-corrected chi connectivity index (χ3v) is 7.83. The fourth-order valence-corrected chi connectivity index (χ4v) is 5.60. The summed E-state index contributed by atoms with van der Waals surface area (Å²) in [6.45, 7) is 4.01. The Morgan fingerprint density at radius 3 is 2.68 bits per heavy atom. The van der Waals surface area contributed by atoms with E-state index < -0.39 is 10.0 Å². The van der Waals surface area contributed by atoms with Gasteiger partial charge in [-0.3, -0.25) is 0 Å². The molecule has 2 aliphatic heterocycles. The molecule has 0 amide bonds. The van der Waals surface area contributed by atoms with Gasteiger partial charge in [0.1, 0.15) is 5.75 Å². The van der Waals surface area contributed by atoms with Gasteiger partial charge in [-0.15, -0.1) is 12.4 Å². The van der Waals surface area contributed by atoms with Crippen LogP contribution in [0.4, 0.5) is 0 Å². The van der Waals surface area contributed by atoms with Crippen LogP contribution in [0, 0.1) is 17.2 Å². The molecule has 6 nitrogen and oxygen atoms in total. The molecule has 0 unspecified atom stereocenters. The molecule has 166 valence electrons. The fraction of sp³-hybridized carbons (Fsp3) is 0.409. The SMILES string of the molecule is Cl.N#Cc1ccc2c(c1)[C@H]1CN(CCCCNS(=O)(=O)c3ccc(Br)cc3)C[C@@H]1CO2. The minimum Gasteiger partial charge on any atom is -0.493 e. The van der Waals surface area contributed by atoms with Crippen LogP contribution in [0.1, 0.15) is 29.9 Å². The van der Waals surface area contributed by atoms with Crippen LogP contribution in [-0.2, 0) is 10.0 Å². The second kappa shape index (κ2) is 10.3. The Hall–Kier alpha value is -1.63. The predicted molar refractivity (Wildman–Crippen MR) is 125 cm³/mol. The van der Waals surface area contributed by atoms with Gasteiger partial charge in [0.2, 0.25) is 10.0 Å². The first-order valence-electron chi connectivity index (χ1n) is 10.1. The van der Waals surface area contributed by atoms with E-state index in [-0.39, 0.29) is 17.3 Å². The van der Waals surface area contributed by atoms with Crippen molar-refractivity contribution < 1.29 is 13.2 Å². The highest BCUT2D eigenvalue weighted by Crippen LogP contribution is 2.41.